The number of H-pyrrole nitrogens is 1. The molecule has 0 spiro atoms. The lowest BCUT2D eigenvalue weighted by molar-refractivity contribution is 0.577. The van der Waals surface area contributed by atoms with E-state index in [0.717, 1.165) is 35.1 Å². The zero-order chi connectivity index (χ0) is 19.6. The molecule has 4 rings (SSSR count). The van der Waals surface area contributed by atoms with Crippen molar-refractivity contribution >= 4 is 26.6 Å². The van der Waals surface area contributed by atoms with Crippen LogP contribution >= 0.6 is 0 Å². The first kappa shape index (κ1) is 19.0. The van der Waals surface area contributed by atoms with Crippen molar-refractivity contribution in [3.8, 4) is 0 Å². The molecule has 0 radical (unpaired) electrons. The Bertz CT molecular complexity index is 1050. The van der Waals surface area contributed by atoms with Crippen molar-refractivity contribution in [2.45, 2.75) is 37.6 Å². The van der Waals surface area contributed by atoms with Crippen LogP contribution in [-0.4, -0.2) is 33.0 Å². The van der Waals surface area contributed by atoms with Crippen molar-refractivity contribution in [2.75, 3.05) is 24.5 Å². The molecule has 0 unspecified atom stereocenters. The third-order valence-corrected chi connectivity index (χ3v) is 7.08. The molecule has 2 heterocycles. The summed E-state index contributed by atoms with van der Waals surface area (Å²) in [5.74, 6) is 0. The van der Waals surface area contributed by atoms with E-state index in [1.165, 1.54) is 24.9 Å². The van der Waals surface area contributed by atoms with Gasteiger partial charge in [0.05, 0.1) is 0 Å². The topological polar surface area (TPSA) is 65.2 Å². The predicted molar refractivity (Wildman–Crippen MR) is 114 cm³/mol. The van der Waals surface area contributed by atoms with E-state index in [9.17, 15) is 8.42 Å². The molecule has 0 amide bonds. The molecular weight excluding hydrogens is 370 g/mol. The molecule has 1 aromatic heterocycles. The van der Waals surface area contributed by atoms with E-state index in [1.807, 2.05) is 31.2 Å². The van der Waals surface area contributed by atoms with Crippen molar-refractivity contribution in [3.63, 3.8) is 0 Å². The fourth-order valence-corrected chi connectivity index (χ4v) is 5.23. The van der Waals surface area contributed by atoms with E-state index < -0.39 is 10.0 Å². The molecule has 148 valence electrons. The maximum absolute atomic E-state index is 12.7. The third kappa shape index (κ3) is 3.93. The number of fused-ring (bicyclic) bond motifs is 1. The molecule has 2 aromatic carbocycles. The molecule has 3 aromatic rings. The first-order valence-electron chi connectivity index (χ1n) is 9.95. The van der Waals surface area contributed by atoms with Crippen LogP contribution in [0.1, 0.15) is 30.4 Å². The third-order valence-electron chi connectivity index (χ3n) is 5.55. The lowest BCUT2D eigenvalue weighted by atomic mass is 10.1. The van der Waals surface area contributed by atoms with Crippen LogP contribution in [0.25, 0.3) is 10.9 Å². The summed E-state index contributed by atoms with van der Waals surface area (Å²) in [5, 5.41) is 1.20. The molecule has 1 aliphatic heterocycles. The minimum Gasteiger partial charge on any atom is -0.372 e. The van der Waals surface area contributed by atoms with E-state index in [-0.39, 0.29) is 5.03 Å². The molecule has 0 aliphatic carbocycles. The van der Waals surface area contributed by atoms with Gasteiger partial charge in [0.1, 0.15) is 0 Å². The summed E-state index contributed by atoms with van der Waals surface area (Å²) in [7, 11) is -3.56. The number of aryl methyl sites for hydroxylation is 1. The summed E-state index contributed by atoms with van der Waals surface area (Å²) in [6.07, 6.45) is 4.51. The number of nitrogens with one attached hydrogen (secondary N) is 2. The van der Waals surface area contributed by atoms with Crippen molar-refractivity contribution in [1.29, 1.82) is 0 Å². The monoisotopic (exact) mass is 397 g/mol. The minimum absolute atomic E-state index is 0.258. The Hall–Kier alpha value is -2.31. The highest BCUT2D eigenvalue weighted by molar-refractivity contribution is 7.89. The summed E-state index contributed by atoms with van der Waals surface area (Å²) in [6, 6.07) is 16.2. The average molecular weight is 398 g/mol. The van der Waals surface area contributed by atoms with Crippen LogP contribution in [0.3, 0.4) is 0 Å². The largest absolute Gasteiger partial charge is 0.372 e. The number of nitrogens with zero attached hydrogens (tertiary/aromatic N) is 1. The zero-order valence-electron chi connectivity index (χ0n) is 16.2. The second kappa shape index (κ2) is 7.97. The van der Waals surface area contributed by atoms with Gasteiger partial charge in [-0.15, -0.1) is 0 Å². The van der Waals surface area contributed by atoms with Crippen LogP contribution in [0.15, 0.2) is 53.6 Å². The molecule has 5 nitrogen and oxygen atoms in total. The molecule has 0 bridgehead atoms. The number of benzene rings is 2. The van der Waals surface area contributed by atoms with Crippen LogP contribution in [0.5, 0.6) is 0 Å². The van der Waals surface area contributed by atoms with Crippen molar-refractivity contribution in [1.82, 2.24) is 9.71 Å². The van der Waals surface area contributed by atoms with Gasteiger partial charge in [-0.1, -0.05) is 30.3 Å². The smallest absolute Gasteiger partial charge is 0.256 e. The first-order chi connectivity index (χ1) is 13.5. The van der Waals surface area contributed by atoms with Gasteiger partial charge >= 0.3 is 0 Å². The highest BCUT2D eigenvalue weighted by atomic mass is 32.2. The molecular formula is C22H27N3O2S. The lowest BCUT2D eigenvalue weighted by Gasteiger charge is -2.28. The van der Waals surface area contributed by atoms with Crippen LogP contribution < -0.4 is 9.62 Å². The van der Waals surface area contributed by atoms with Crippen molar-refractivity contribution in [3.05, 3.63) is 59.7 Å². The molecule has 6 heteroatoms. The van der Waals surface area contributed by atoms with Gasteiger partial charge in [-0.25, -0.2) is 13.1 Å². The standard InChI is InChI=1S/C22H27N3O2S/c1-17-20-7-3-4-8-21(20)24-22(17)28(26,27)23-14-13-18-9-11-19(12-10-18)25-15-5-2-6-16-25/h3-4,7-12,23-24H,2,5-6,13-16H2,1H3. The molecule has 1 saturated heterocycles. The Kier molecular flexibility index (Phi) is 5.42. The Morgan fingerprint density at radius 1 is 1.00 bits per heavy atom. The fourth-order valence-electron chi connectivity index (χ4n) is 3.95. The second-order valence-corrected chi connectivity index (χ2v) is 9.19. The quantitative estimate of drug-likeness (QED) is 0.661. The Morgan fingerprint density at radius 2 is 1.71 bits per heavy atom. The van der Waals surface area contributed by atoms with Crippen LogP contribution in [0, 0.1) is 6.92 Å². The number of rotatable bonds is 6. The SMILES string of the molecule is Cc1c(S(=O)(=O)NCCc2ccc(N3CCCCC3)cc2)[nH]c2ccccc12. The maximum Gasteiger partial charge on any atom is 0.256 e. The number of piperidine rings is 1. The number of hydrogen-bond acceptors (Lipinski definition) is 3. The maximum atomic E-state index is 12.7. The van der Waals surface area contributed by atoms with Gasteiger partial charge in [0.25, 0.3) is 10.0 Å². The summed E-state index contributed by atoms with van der Waals surface area (Å²) >= 11 is 0. The van der Waals surface area contributed by atoms with Gasteiger partial charge in [-0.2, -0.15) is 0 Å². The average Bonchev–Trinajstić information content (AvgIpc) is 3.07. The summed E-state index contributed by atoms with van der Waals surface area (Å²) in [6.45, 7) is 4.47. The lowest BCUT2D eigenvalue weighted by Crippen LogP contribution is -2.29. The summed E-state index contributed by atoms with van der Waals surface area (Å²) in [4.78, 5) is 5.47. The Balaban J connectivity index is 1.39. The van der Waals surface area contributed by atoms with Gasteiger partial charge in [-0.05, 0) is 61.9 Å². The normalized spacial score (nSPS) is 15.2. The van der Waals surface area contributed by atoms with E-state index in [4.69, 9.17) is 0 Å². The Labute approximate surface area is 166 Å². The molecule has 1 fully saturated rings. The van der Waals surface area contributed by atoms with E-state index >= 15 is 0 Å². The van der Waals surface area contributed by atoms with Gasteiger partial charge in [-0.3, -0.25) is 0 Å². The number of sulfonamides is 1. The number of para-hydroxylation sites is 1. The van der Waals surface area contributed by atoms with E-state index in [1.54, 1.807) is 0 Å². The highest BCUT2D eigenvalue weighted by Gasteiger charge is 2.20. The van der Waals surface area contributed by atoms with Crippen LogP contribution in [0.2, 0.25) is 0 Å². The molecule has 0 atom stereocenters. The molecule has 28 heavy (non-hydrogen) atoms. The van der Waals surface area contributed by atoms with Crippen molar-refractivity contribution in [2.24, 2.45) is 0 Å². The van der Waals surface area contributed by atoms with Gasteiger partial charge in [0.2, 0.25) is 0 Å². The van der Waals surface area contributed by atoms with Crippen LogP contribution in [0.4, 0.5) is 5.69 Å². The molecule has 1 aliphatic rings. The van der Waals surface area contributed by atoms with Gasteiger partial charge < -0.3 is 9.88 Å². The van der Waals surface area contributed by atoms with E-state index in [2.05, 4.69) is 38.9 Å². The first-order valence-corrected chi connectivity index (χ1v) is 11.4. The van der Waals surface area contributed by atoms with Gasteiger partial charge in [0, 0.05) is 36.2 Å². The second-order valence-electron chi connectivity index (χ2n) is 7.49. The highest BCUT2D eigenvalue weighted by Crippen LogP contribution is 2.24. The predicted octanol–water partition coefficient (Wildman–Crippen LogP) is 3.99. The zero-order valence-corrected chi connectivity index (χ0v) is 17.1. The van der Waals surface area contributed by atoms with E-state index in [0.29, 0.717) is 13.0 Å². The van der Waals surface area contributed by atoms with Crippen LogP contribution in [-0.2, 0) is 16.4 Å². The van der Waals surface area contributed by atoms with Gasteiger partial charge in [0.15, 0.2) is 5.03 Å². The van der Waals surface area contributed by atoms with Crippen molar-refractivity contribution < 1.29 is 8.42 Å². The summed E-state index contributed by atoms with van der Waals surface area (Å²) in [5.41, 5.74) is 4.00. The summed E-state index contributed by atoms with van der Waals surface area (Å²) < 4.78 is 28.2. The number of anilines is 1. The number of aromatic nitrogens is 1. The minimum atomic E-state index is -3.56. The number of hydrogen-bond donors (Lipinski definition) is 2. The number of aromatic amines is 1. The molecule has 0 saturated carbocycles. The molecule has 2 N–H and O–H groups in total. The Morgan fingerprint density at radius 3 is 2.43 bits per heavy atom. The fraction of sp³-hybridized carbons (Fsp3) is 0.364.